The molecule has 0 aliphatic rings. The number of carbonyl (C=O) groups is 1. The summed E-state index contributed by atoms with van der Waals surface area (Å²) < 4.78 is 4.89. The van der Waals surface area contributed by atoms with E-state index in [1.54, 1.807) is 13.0 Å². The van der Waals surface area contributed by atoms with Gasteiger partial charge in [0.15, 0.2) is 0 Å². The highest BCUT2D eigenvalue weighted by Crippen LogP contribution is 2.08. The zero-order valence-corrected chi connectivity index (χ0v) is 10.4. The van der Waals surface area contributed by atoms with Crippen LogP contribution in [0.2, 0.25) is 0 Å². The molecular formula is C11H19N3O3. The van der Waals surface area contributed by atoms with Crippen molar-refractivity contribution in [2.24, 2.45) is 0 Å². The SMILES string of the molecule is Cc1cc(NC(=O)CN(CCO)C(C)C)on1. The van der Waals surface area contributed by atoms with Crippen molar-refractivity contribution in [2.75, 3.05) is 25.0 Å². The highest BCUT2D eigenvalue weighted by molar-refractivity contribution is 5.90. The van der Waals surface area contributed by atoms with Gasteiger partial charge in [-0.2, -0.15) is 0 Å². The quantitative estimate of drug-likeness (QED) is 0.763. The lowest BCUT2D eigenvalue weighted by Crippen LogP contribution is -2.39. The van der Waals surface area contributed by atoms with Crippen LogP contribution in [-0.2, 0) is 4.79 Å². The predicted octanol–water partition coefficient (Wildman–Crippen LogP) is 0.624. The van der Waals surface area contributed by atoms with Crippen molar-refractivity contribution >= 4 is 11.8 Å². The lowest BCUT2D eigenvalue weighted by molar-refractivity contribution is -0.118. The molecule has 0 saturated carbocycles. The van der Waals surface area contributed by atoms with E-state index in [0.717, 1.165) is 5.69 Å². The van der Waals surface area contributed by atoms with Crippen molar-refractivity contribution in [3.05, 3.63) is 11.8 Å². The maximum Gasteiger partial charge on any atom is 0.240 e. The minimum atomic E-state index is -0.177. The van der Waals surface area contributed by atoms with Crippen molar-refractivity contribution in [2.45, 2.75) is 26.8 Å². The minimum Gasteiger partial charge on any atom is -0.395 e. The second-order valence-corrected chi connectivity index (χ2v) is 4.17. The minimum absolute atomic E-state index is 0.0346. The van der Waals surface area contributed by atoms with Crippen LogP contribution in [0.3, 0.4) is 0 Å². The van der Waals surface area contributed by atoms with Gasteiger partial charge in [0.25, 0.3) is 0 Å². The molecule has 0 bridgehead atoms. The van der Waals surface area contributed by atoms with Gasteiger partial charge in [0.2, 0.25) is 11.8 Å². The number of aryl methyl sites for hydroxylation is 1. The number of nitrogens with zero attached hydrogens (tertiary/aromatic N) is 2. The van der Waals surface area contributed by atoms with E-state index >= 15 is 0 Å². The Morgan fingerprint density at radius 2 is 2.35 bits per heavy atom. The first-order valence-electron chi connectivity index (χ1n) is 5.61. The van der Waals surface area contributed by atoms with E-state index < -0.39 is 0 Å². The summed E-state index contributed by atoms with van der Waals surface area (Å²) in [5.74, 6) is 0.170. The first-order chi connectivity index (χ1) is 8.02. The molecule has 1 aromatic rings. The van der Waals surface area contributed by atoms with Crippen LogP contribution >= 0.6 is 0 Å². The molecule has 6 nitrogen and oxygen atoms in total. The third kappa shape index (κ3) is 4.54. The topological polar surface area (TPSA) is 78.6 Å². The molecule has 0 spiro atoms. The van der Waals surface area contributed by atoms with E-state index in [1.807, 2.05) is 18.7 Å². The Balaban J connectivity index is 2.47. The molecule has 0 aliphatic heterocycles. The van der Waals surface area contributed by atoms with Gasteiger partial charge in [0.05, 0.1) is 18.8 Å². The number of aliphatic hydroxyl groups excluding tert-OH is 1. The Labute approximate surface area is 101 Å². The van der Waals surface area contributed by atoms with Gasteiger partial charge in [0, 0.05) is 18.7 Å². The van der Waals surface area contributed by atoms with E-state index in [4.69, 9.17) is 9.63 Å². The molecule has 0 unspecified atom stereocenters. The number of amides is 1. The molecule has 6 heteroatoms. The molecule has 1 aromatic heterocycles. The fourth-order valence-corrected chi connectivity index (χ4v) is 1.43. The number of nitrogens with one attached hydrogen (secondary N) is 1. The average Bonchev–Trinajstić information content (AvgIpc) is 2.63. The molecular weight excluding hydrogens is 222 g/mol. The smallest absolute Gasteiger partial charge is 0.240 e. The van der Waals surface area contributed by atoms with Crippen LogP contribution in [0.1, 0.15) is 19.5 Å². The van der Waals surface area contributed by atoms with Crippen LogP contribution < -0.4 is 5.32 Å². The van der Waals surface area contributed by atoms with Crippen molar-refractivity contribution < 1.29 is 14.4 Å². The summed E-state index contributed by atoms with van der Waals surface area (Å²) in [6.45, 7) is 6.46. The van der Waals surface area contributed by atoms with Crippen LogP contribution in [-0.4, -0.2) is 46.8 Å². The zero-order chi connectivity index (χ0) is 12.8. The zero-order valence-electron chi connectivity index (χ0n) is 10.4. The molecule has 0 aliphatic carbocycles. The van der Waals surface area contributed by atoms with Gasteiger partial charge in [-0.15, -0.1) is 0 Å². The number of carbonyl (C=O) groups excluding carboxylic acids is 1. The summed E-state index contributed by atoms with van der Waals surface area (Å²) in [7, 11) is 0. The first kappa shape index (κ1) is 13.7. The molecule has 0 radical (unpaired) electrons. The normalized spacial score (nSPS) is 11.2. The molecule has 2 N–H and O–H groups in total. The molecule has 0 fully saturated rings. The molecule has 1 heterocycles. The van der Waals surface area contributed by atoms with Crippen molar-refractivity contribution in [3.63, 3.8) is 0 Å². The number of hydrogen-bond acceptors (Lipinski definition) is 5. The largest absolute Gasteiger partial charge is 0.395 e. The summed E-state index contributed by atoms with van der Waals surface area (Å²) in [6, 6.07) is 1.85. The van der Waals surface area contributed by atoms with Crippen LogP contribution in [0, 0.1) is 6.92 Å². The van der Waals surface area contributed by atoms with Gasteiger partial charge in [-0.3, -0.25) is 15.0 Å². The van der Waals surface area contributed by atoms with Crippen LogP contribution in [0.15, 0.2) is 10.6 Å². The third-order valence-electron chi connectivity index (χ3n) is 2.35. The fraction of sp³-hybridized carbons (Fsp3) is 0.636. The Morgan fingerprint density at radius 1 is 1.65 bits per heavy atom. The first-order valence-corrected chi connectivity index (χ1v) is 5.61. The number of rotatable bonds is 6. The van der Waals surface area contributed by atoms with Crippen molar-refractivity contribution in [3.8, 4) is 0 Å². The number of hydrogen-bond donors (Lipinski definition) is 2. The van der Waals surface area contributed by atoms with Gasteiger partial charge in [-0.1, -0.05) is 5.16 Å². The lowest BCUT2D eigenvalue weighted by Gasteiger charge is -2.24. The van der Waals surface area contributed by atoms with Gasteiger partial charge >= 0.3 is 0 Å². The van der Waals surface area contributed by atoms with Crippen molar-refractivity contribution in [1.82, 2.24) is 10.1 Å². The molecule has 0 atom stereocenters. The van der Waals surface area contributed by atoms with Gasteiger partial charge in [-0.05, 0) is 20.8 Å². The molecule has 1 rings (SSSR count). The van der Waals surface area contributed by atoms with Crippen LogP contribution in [0.5, 0.6) is 0 Å². The molecule has 0 saturated heterocycles. The van der Waals surface area contributed by atoms with E-state index in [2.05, 4.69) is 10.5 Å². The summed E-state index contributed by atoms with van der Waals surface area (Å²) in [5, 5.41) is 15.2. The number of aliphatic hydroxyl groups is 1. The highest BCUT2D eigenvalue weighted by Gasteiger charge is 2.14. The van der Waals surface area contributed by atoms with Crippen LogP contribution in [0.4, 0.5) is 5.88 Å². The maximum atomic E-state index is 11.7. The number of aromatic nitrogens is 1. The summed E-state index contributed by atoms with van der Waals surface area (Å²) in [4.78, 5) is 13.6. The Morgan fingerprint density at radius 3 is 2.82 bits per heavy atom. The summed E-state index contributed by atoms with van der Waals surface area (Å²) in [6.07, 6.45) is 0. The monoisotopic (exact) mass is 241 g/mol. The Bertz CT molecular complexity index is 363. The summed E-state index contributed by atoms with van der Waals surface area (Å²) >= 11 is 0. The van der Waals surface area contributed by atoms with E-state index in [9.17, 15) is 4.79 Å². The predicted molar refractivity (Wildman–Crippen MR) is 63.7 cm³/mol. The maximum absolute atomic E-state index is 11.7. The third-order valence-corrected chi connectivity index (χ3v) is 2.35. The van der Waals surface area contributed by atoms with E-state index in [1.165, 1.54) is 0 Å². The van der Waals surface area contributed by atoms with E-state index in [-0.39, 0.29) is 25.1 Å². The van der Waals surface area contributed by atoms with E-state index in [0.29, 0.717) is 12.4 Å². The Kier molecular flexibility index (Phi) is 5.11. The molecule has 96 valence electrons. The second-order valence-electron chi connectivity index (χ2n) is 4.17. The highest BCUT2D eigenvalue weighted by atomic mass is 16.5. The molecule has 0 aromatic carbocycles. The van der Waals surface area contributed by atoms with Gasteiger partial charge < -0.3 is 9.63 Å². The Hall–Kier alpha value is -1.40. The summed E-state index contributed by atoms with van der Waals surface area (Å²) in [5.41, 5.74) is 0.719. The van der Waals surface area contributed by atoms with Crippen LogP contribution in [0.25, 0.3) is 0 Å². The lowest BCUT2D eigenvalue weighted by atomic mass is 10.3. The van der Waals surface area contributed by atoms with Crippen molar-refractivity contribution in [1.29, 1.82) is 0 Å². The van der Waals surface area contributed by atoms with Gasteiger partial charge in [0.1, 0.15) is 0 Å². The molecule has 1 amide bonds. The molecule has 17 heavy (non-hydrogen) atoms. The fourth-order valence-electron chi connectivity index (χ4n) is 1.43. The van der Waals surface area contributed by atoms with Gasteiger partial charge in [-0.25, -0.2) is 0 Å². The standard InChI is InChI=1S/C11H19N3O3/c1-8(2)14(4-5-15)7-10(16)12-11-6-9(3)13-17-11/h6,8,15H,4-5,7H2,1-3H3,(H,12,16). The average molecular weight is 241 g/mol. The second kappa shape index (κ2) is 6.36. The number of anilines is 1.